The molecule has 1 aliphatic carbocycles. The van der Waals surface area contributed by atoms with Crippen LogP contribution in [0.25, 0.3) is 0 Å². The van der Waals surface area contributed by atoms with Gasteiger partial charge < -0.3 is 14.4 Å². The van der Waals surface area contributed by atoms with Crippen LogP contribution in [0.4, 0.5) is 0 Å². The van der Waals surface area contributed by atoms with Crippen LogP contribution in [-0.4, -0.2) is 17.9 Å². The smallest absolute Gasteiger partial charge is 0.254 e. The van der Waals surface area contributed by atoms with Crippen LogP contribution in [0.5, 0.6) is 11.5 Å². The van der Waals surface area contributed by atoms with Crippen molar-refractivity contribution >= 4 is 5.91 Å². The zero-order valence-corrected chi connectivity index (χ0v) is 20.6. The summed E-state index contributed by atoms with van der Waals surface area (Å²) in [5.74, 6) is 1.51. The highest BCUT2D eigenvalue weighted by Gasteiger charge is 2.30. The van der Waals surface area contributed by atoms with Crippen LogP contribution in [0.2, 0.25) is 0 Å². The summed E-state index contributed by atoms with van der Waals surface area (Å²) in [6, 6.07) is 34.2. The van der Waals surface area contributed by atoms with Gasteiger partial charge in [-0.2, -0.15) is 0 Å². The Labute approximate surface area is 213 Å². The Morgan fingerprint density at radius 3 is 2.42 bits per heavy atom. The number of amides is 1. The molecule has 1 amide bonds. The number of rotatable bonds is 8. The fourth-order valence-electron chi connectivity index (χ4n) is 4.93. The number of carbonyl (C=O) groups excluding carboxylic acids is 1. The third kappa shape index (κ3) is 5.44. The lowest BCUT2D eigenvalue weighted by Gasteiger charge is -2.36. The number of nitrogens with zero attached hydrogens (tertiary/aromatic N) is 1. The van der Waals surface area contributed by atoms with Crippen LogP contribution in [0.15, 0.2) is 103 Å². The summed E-state index contributed by atoms with van der Waals surface area (Å²) in [6.45, 7) is 1.05. The van der Waals surface area contributed by atoms with Crippen LogP contribution in [0.3, 0.4) is 0 Å². The SMILES string of the molecule is COc1cccc(C(=O)N(Cc2ccc(OCc3ccccc3)cc2)C2CCCc3ccccc32)c1. The first-order chi connectivity index (χ1) is 17.7. The molecule has 4 heteroatoms. The molecule has 1 unspecified atom stereocenters. The number of carbonyl (C=O) groups is 1. The molecule has 0 aliphatic heterocycles. The average molecular weight is 478 g/mol. The molecule has 0 aromatic heterocycles. The van der Waals surface area contributed by atoms with Gasteiger partial charge in [0, 0.05) is 12.1 Å². The Morgan fingerprint density at radius 2 is 1.61 bits per heavy atom. The van der Waals surface area contributed by atoms with E-state index >= 15 is 0 Å². The van der Waals surface area contributed by atoms with E-state index in [2.05, 4.69) is 48.5 Å². The maximum atomic E-state index is 13.9. The van der Waals surface area contributed by atoms with E-state index in [9.17, 15) is 4.79 Å². The topological polar surface area (TPSA) is 38.8 Å². The molecule has 0 N–H and O–H groups in total. The van der Waals surface area contributed by atoms with Gasteiger partial charge in [-0.3, -0.25) is 4.79 Å². The normalized spacial score (nSPS) is 14.5. The molecule has 0 bridgehead atoms. The maximum absolute atomic E-state index is 13.9. The van der Waals surface area contributed by atoms with E-state index in [-0.39, 0.29) is 11.9 Å². The molecule has 0 heterocycles. The molecule has 4 aromatic carbocycles. The Morgan fingerprint density at radius 1 is 0.833 bits per heavy atom. The third-order valence-electron chi connectivity index (χ3n) is 6.82. The number of hydrogen-bond donors (Lipinski definition) is 0. The van der Waals surface area contributed by atoms with Gasteiger partial charge in [-0.05, 0) is 71.8 Å². The highest BCUT2D eigenvalue weighted by atomic mass is 16.5. The predicted octanol–water partition coefficient (Wildman–Crippen LogP) is 6.99. The van der Waals surface area contributed by atoms with Crippen molar-refractivity contribution in [2.24, 2.45) is 0 Å². The zero-order valence-electron chi connectivity index (χ0n) is 20.6. The molecule has 0 radical (unpaired) electrons. The number of benzene rings is 4. The van der Waals surface area contributed by atoms with Gasteiger partial charge in [-0.15, -0.1) is 0 Å². The van der Waals surface area contributed by atoms with E-state index in [4.69, 9.17) is 9.47 Å². The van der Waals surface area contributed by atoms with Gasteiger partial charge in [-0.1, -0.05) is 72.8 Å². The molecule has 0 saturated heterocycles. The minimum Gasteiger partial charge on any atom is -0.497 e. The van der Waals surface area contributed by atoms with Gasteiger partial charge in [0.25, 0.3) is 5.91 Å². The summed E-state index contributed by atoms with van der Waals surface area (Å²) in [5.41, 5.74) is 5.43. The molecule has 0 spiro atoms. The first kappa shape index (κ1) is 23.7. The van der Waals surface area contributed by atoms with Gasteiger partial charge in [0.1, 0.15) is 18.1 Å². The van der Waals surface area contributed by atoms with E-state index in [0.717, 1.165) is 36.1 Å². The van der Waals surface area contributed by atoms with E-state index < -0.39 is 0 Å². The average Bonchev–Trinajstić information content (AvgIpc) is 2.95. The van der Waals surface area contributed by atoms with Gasteiger partial charge in [0.05, 0.1) is 13.2 Å². The van der Waals surface area contributed by atoms with Crippen molar-refractivity contribution < 1.29 is 14.3 Å². The van der Waals surface area contributed by atoms with Gasteiger partial charge in [0.2, 0.25) is 0 Å². The molecule has 5 rings (SSSR count). The maximum Gasteiger partial charge on any atom is 0.254 e. The van der Waals surface area contributed by atoms with Crippen LogP contribution < -0.4 is 9.47 Å². The molecule has 0 saturated carbocycles. The molecule has 1 atom stereocenters. The lowest BCUT2D eigenvalue weighted by molar-refractivity contribution is 0.0637. The van der Waals surface area contributed by atoms with Crippen LogP contribution >= 0.6 is 0 Å². The largest absolute Gasteiger partial charge is 0.497 e. The Balaban J connectivity index is 1.39. The van der Waals surface area contributed by atoms with Crippen molar-refractivity contribution in [3.8, 4) is 11.5 Å². The summed E-state index contributed by atoms with van der Waals surface area (Å²) in [6.07, 6.45) is 3.07. The lowest BCUT2D eigenvalue weighted by atomic mass is 9.86. The predicted molar refractivity (Wildman–Crippen MR) is 142 cm³/mol. The molecule has 4 nitrogen and oxygen atoms in total. The van der Waals surface area contributed by atoms with E-state index in [1.807, 2.05) is 59.5 Å². The third-order valence-corrected chi connectivity index (χ3v) is 6.82. The molecule has 182 valence electrons. The van der Waals surface area contributed by atoms with Crippen LogP contribution in [0, 0.1) is 0 Å². The zero-order chi connectivity index (χ0) is 24.7. The monoisotopic (exact) mass is 477 g/mol. The summed E-state index contributed by atoms with van der Waals surface area (Å²) in [4.78, 5) is 15.9. The second-order valence-electron chi connectivity index (χ2n) is 9.19. The second-order valence-corrected chi connectivity index (χ2v) is 9.19. The Bertz CT molecular complexity index is 1300. The molecule has 36 heavy (non-hydrogen) atoms. The van der Waals surface area contributed by atoms with Crippen molar-refractivity contribution in [3.05, 3.63) is 131 Å². The molecule has 0 fully saturated rings. The summed E-state index contributed by atoms with van der Waals surface area (Å²) in [5, 5.41) is 0. The fourth-order valence-corrected chi connectivity index (χ4v) is 4.93. The minimum absolute atomic E-state index is 0.0139. The van der Waals surface area contributed by atoms with Crippen LogP contribution in [-0.2, 0) is 19.6 Å². The standard InChI is InChI=1S/C32H31NO3/c1-35-29-14-7-13-27(21-29)32(34)33(31-16-8-12-26-11-5-6-15-30(26)31)22-24-17-19-28(20-18-24)36-23-25-9-3-2-4-10-25/h2-7,9-11,13-15,17-21,31H,8,12,16,22-23H2,1H3. The Hall–Kier alpha value is -4.05. The van der Waals surface area contributed by atoms with Crippen molar-refractivity contribution in [3.63, 3.8) is 0 Å². The summed E-state index contributed by atoms with van der Waals surface area (Å²) in [7, 11) is 1.63. The van der Waals surface area contributed by atoms with E-state index in [1.54, 1.807) is 7.11 Å². The Kier molecular flexibility index (Phi) is 7.32. The minimum atomic E-state index is 0.0139. The first-order valence-electron chi connectivity index (χ1n) is 12.5. The van der Waals surface area contributed by atoms with Crippen molar-refractivity contribution in [2.75, 3.05) is 7.11 Å². The van der Waals surface area contributed by atoms with Crippen molar-refractivity contribution in [1.29, 1.82) is 0 Å². The van der Waals surface area contributed by atoms with Crippen LogP contribution in [0.1, 0.15) is 51.5 Å². The van der Waals surface area contributed by atoms with Gasteiger partial charge in [-0.25, -0.2) is 0 Å². The second kappa shape index (κ2) is 11.1. The molecular weight excluding hydrogens is 446 g/mol. The highest BCUT2D eigenvalue weighted by Crippen LogP contribution is 2.36. The highest BCUT2D eigenvalue weighted by molar-refractivity contribution is 5.95. The molecular formula is C32H31NO3. The van der Waals surface area contributed by atoms with Crippen molar-refractivity contribution in [2.45, 2.75) is 38.5 Å². The number of ether oxygens (including phenoxy) is 2. The lowest BCUT2D eigenvalue weighted by Crippen LogP contribution is -2.36. The quantitative estimate of drug-likeness (QED) is 0.274. The first-order valence-corrected chi connectivity index (χ1v) is 12.5. The van der Waals surface area contributed by atoms with Crippen molar-refractivity contribution in [1.82, 2.24) is 4.90 Å². The number of aryl methyl sites for hydroxylation is 1. The van der Waals surface area contributed by atoms with E-state index in [0.29, 0.717) is 24.5 Å². The summed E-state index contributed by atoms with van der Waals surface area (Å²) < 4.78 is 11.4. The van der Waals surface area contributed by atoms with E-state index in [1.165, 1.54) is 11.1 Å². The summed E-state index contributed by atoms with van der Waals surface area (Å²) >= 11 is 0. The number of hydrogen-bond acceptors (Lipinski definition) is 3. The number of fused-ring (bicyclic) bond motifs is 1. The van der Waals surface area contributed by atoms with Gasteiger partial charge >= 0.3 is 0 Å². The number of methoxy groups -OCH3 is 1. The fraction of sp³-hybridized carbons (Fsp3) is 0.219. The molecule has 1 aliphatic rings. The van der Waals surface area contributed by atoms with Gasteiger partial charge in [0.15, 0.2) is 0 Å². The molecule has 4 aromatic rings.